The number of hydrogen-bond acceptors (Lipinski definition) is 8. The molecule has 0 bridgehead atoms. The number of rotatable bonds is 6. The van der Waals surface area contributed by atoms with Gasteiger partial charge in [-0.05, 0) is 32.3 Å². The number of aromatic nitrogens is 6. The zero-order chi connectivity index (χ0) is 22.1. The number of benzene rings is 1. The average molecular weight is 460 g/mol. The van der Waals surface area contributed by atoms with E-state index in [1.165, 1.54) is 14.2 Å². The van der Waals surface area contributed by atoms with Crippen LogP contribution < -0.4 is 9.47 Å². The van der Waals surface area contributed by atoms with Crippen LogP contribution >= 0.6 is 23.2 Å². The monoisotopic (exact) mass is 459 g/mol. The van der Waals surface area contributed by atoms with E-state index in [4.69, 9.17) is 32.7 Å². The van der Waals surface area contributed by atoms with Crippen LogP contribution in [0.1, 0.15) is 5.82 Å². The Kier molecular flexibility index (Phi) is 5.90. The predicted molar refractivity (Wildman–Crippen MR) is 118 cm³/mol. The molecule has 0 aliphatic rings. The summed E-state index contributed by atoms with van der Waals surface area (Å²) in [7, 11) is 6.86. The zero-order valence-corrected chi connectivity index (χ0v) is 18.8. The normalized spacial score (nSPS) is 11.3. The lowest BCUT2D eigenvalue weighted by Gasteiger charge is -2.17. The quantitative estimate of drug-likeness (QED) is 0.431. The van der Waals surface area contributed by atoms with Crippen molar-refractivity contribution in [3.63, 3.8) is 0 Å². The van der Waals surface area contributed by atoms with Crippen molar-refractivity contribution >= 4 is 34.2 Å². The van der Waals surface area contributed by atoms with Crippen LogP contribution in [0.2, 0.25) is 10.0 Å². The first-order valence-corrected chi connectivity index (χ1v) is 9.97. The number of hydrogen-bond donors (Lipinski definition) is 0. The fraction of sp³-hybridized carbons (Fsp3) is 0.250. The SMILES string of the molecule is COc1nc2cc(Cl)c(Cl)c(-n3c(CN(C)C)nnc3-c3cccnc3)c2nc1OC. The molecule has 0 saturated carbocycles. The highest BCUT2D eigenvalue weighted by molar-refractivity contribution is 6.44. The number of methoxy groups -OCH3 is 2. The fourth-order valence-corrected chi connectivity index (χ4v) is 3.60. The van der Waals surface area contributed by atoms with Gasteiger partial charge in [-0.1, -0.05) is 23.2 Å². The molecule has 9 nitrogen and oxygen atoms in total. The number of fused-ring (bicyclic) bond motifs is 1. The number of nitrogens with zero attached hydrogens (tertiary/aromatic N) is 7. The highest BCUT2D eigenvalue weighted by Gasteiger charge is 2.24. The van der Waals surface area contributed by atoms with E-state index in [0.717, 1.165) is 5.56 Å². The second-order valence-corrected chi connectivity index (χ2v) is 7.67. The van der Waals surface area contributed by atoms with Gasteiger partial charge < -0.3 is 14.4 Å². The van der Waals surface area contributed by atoms with Crippen LogP contribution in [0.3, 0.4) is 0 Å². The van der Waals surface area contributed by atoms with E-state index in [2.05, 4.69) is 25.1 Å². The van der Waals surface area contributed by atoms with Crippen molar-refractivity contribution in [1.29, 1.82) is 0 Å². The summed E-state index contributed by atoms with van der Waals surface area (Å²) in [6, 6.07) is 5.35. The van der Waals surface area contributed by atoms with Crippen molar-refractivity contribution in [3.05, 3.63) is 46.5 Å². The van der Waals surface area contributed by atoms with Gasteiger partial charge in [-0.15, -0.1) is 10.2 Å². The summed E-state index contributed by atoms with van der Waals surface area (Å²) in [5, 5.41) is 9.42. The van der Waals surface area contributed by atoms with E-state index in [0.29, 0.717) is 45.0 Å². The molecule has 0 aliphatic carbocycles. The third kappa shape index (κ3) is 3.87. The molecule has 160 valence electrons. The molecule has 1 aromatic carbocycles. The molecule has 0 N–H and O–H groups in total. The summed E-state index contributed by atoms with van der Waals surface area (Å²) in [6.45, 7) is 0.498. The lowest BCUT2D eigenvalue weighted by molar-refractivity contribution is 0.334. The molecule has 0 amide bonds. The Morgan fingerprint density at radius 1 is 1.06 bits per heavy atom. The maximum absolute atomic E-state index is 6.72. The van der Waals surface area contributed by atoms with Crippen LogP contribution in [0.5, 0.6) is 11.8 Å². The summed E-state index contributed by atoms with van der Waals surface area (Å²) in [6.07, 6.45) is 3.39. The molecule has 0 radical (unpaired) electrons. The van der Waals surface area contributed by atoms with Crippen LogP contribution in [0.4, 0.5) is 0 Å². The molecule has 4 aromatic rings. The van der Waals surface area contributed by atoms with Crippen molar-refractivity contribution in [2.45, 2.75) is 6.54 Å². The first-order chi connectivity index (χ1) is 14.9. The molecule has 0 atom stereocenters. The van der Waals surface area contributed by atoms with Crippen molar-refractivity contribution < 1.29 is 9.47 Å². The summed E-state index contributed by atoms with van der Waals surface area (Å²) in [4.78, 5) is 15.3. The van der Waals surface area contributed by atoms with Gasteiger partial charge in [0.1, 0.15) is 5.52 Å². The zero-order valence-electron chi connectivity index (χ0n) is 17.3. The molecule has 0 fully saturated rings. The van der Waals surface area contributed by atoms with Gasteiger partial charge in [-0.3, -0.25) is 9.55 Å². The Labute approximate surface area is 188 Å². The van der Waals surface area contributed by atoms with Gasteiger partial charge in [0, 0.05) is 18.0 Å². The standard InChI is InChI=1S/C20H19Cl2N7O2/c1-28(2)10-14-26-27-18(11-6-5-7-23-9-11)29(14)17-15(22)12(21)8-13-16(17)25-20(31-4)19(24-13)30-3/h5-9H,10H2,1-4H3. The molecule has 0 unspecified atom stereocenters. The minimum absolute atomic E-state index is 0.222. The maximum atomic E-state index is 6.72. The first kappa shape index (κ1) is 21.2. The van der Waals surface area contributed by atoms with E-state index in [1.54, 1.807) is 18.5 Å². The van der Waals surface area contributed by atoms with E-state index in [-0.39, 0.29) is 11.8 Å². The summed E-state index contributed by atoms with van der Waals surface area (Å²) >= 11 is 13.2. The highest BCUT2D eigenvalue weighted by atomic mass is 35.5. The lowest BCUT2D eigenvalue weighted by Crippen LogP contribution is -2.16. The smallest absolute Gasteiger partial charge is 0.278 e. The molecule has 4 rings (SSSR count). The van der Waals surface area contributed by atoms with Gasteiger partial charge >= 0.3 is 0 Å². The van der Waals surface area contributed by atoms with Crippen LogP contribution in [0, 0.1) is 0 Å². The number of ether oxygens (including phenoxy) is 2. The Morgan fingerprint density at radius 2 is 1.81 bits per heavy atom. The van der Waals surface area contributed by atoms with Crippen molar-refractivity contribution in [2.75, 3.05) is 28.3 Å². The molecule has 11 heteroatoms. The Balaban J connectivity index is 2.11. The molecular weight excluding hydrogens is 441 g/mol. The predicted octanol–water partition coefficient (Wildman–Crippen LogP) is 3.66. The second kappa shape index (κ2) is 8.62. The van der Waals surface area contributed by atoms with E-state index >= 15 is 0 Å². The lowest BCUT2D eigenvalue weighted by atomic mass is 10.2. The molecule has 31 heavy (non-hydrogen) atoms. The van der Waals surface area contributed by atoms with E-state index in [1.807, 2.05) is 35.7 Å². The van der Waals surface area contributed by atoms with Gasteiger partial charge in [0.25, 0.3) is 11.8 Å². The van der Waals surface area contributed by atoms with E-state index in [9.17, 15) is 0 Å². The third-order valence-corrected chi connectivity index (χ3v) is 5.26. The Bertz CT molecular complexity index is 1250. The molecular formula is C20H19Cl2N7O2. The van der Waals surface area contributed by atoms with Gasteiger partial charge in [0.15, 0.2) is 11.6 Å². The fourth-order valence-electron chi connectivity index (χ4n) is 3.18. The Hall–Kier alpha value is -3.01. The average Bonchev–Trinajstić information content (AvgIpc) is 3.16. The molecule has 3 heterocycles. The van der Waals surface area contributed by atoms with Gasteiger partial charge in [0.05, 0.1) is 42.0 Å². The second-order valence-electron chi connectivity index (χ2n) is 6.89. The third-order valence-electron chi connectivity index (χ3n) is 4.48. The van der Waals surface area contributed by atoms with Gasteiger partial charge in [-0.2, -0.15) is 0 Å². The maximum Gasteiger partial charge on any atom is 0.278 e. The molecule has 0 aliphatic heterocycles. The minimum atomic E-state index is 0.222. The molecule has 3 aromatic heterocycles. The largest absolute Gasteiger partial charge is 0.477 e. The van der Waals surface area contributed by atoms with Gasteiger partial charge in [0.2, 0.25) is 0 Å². The first-order valence-electron chi connectivity index (χ1n) is 9.22. The topological polar surface area (TPSA) is 91.1 Å². The molecule has 0 spiro atoms. The number of pyridine rings is 1. The van der Waals surface area contributed by atoms with Crippen molar-refractivity contribution in [3.8, 4) is 28.8 Å². The number of halogens is 2. The van der Waals surface area contributed by atoms with E-state index < -0.39 is 0 Å². The summed E-state index contributed by atoms with van der Waals surface area (Å²) in [5.41, 5.74) is 2.22. The molecule has 0 saturated heterocycles. The van der Waals surface area contributed by atoms with Crippen LogP contribution in [-0.4, -0.2) is 62.9 Å². The Morgan fingerprint density at radius 3 is 2.45 bits per heavy atom. The summed E-state index contributed by atoms with van der Waals surface area (Å²) < 4.78 is 12.5. The van der Waals surface area contributed by atoms with Crippen LogP contribution in [-0.2, 0) is 6.54 Å². The summed E-state index contributed by atoms with van der Waals surface area (Å²) in [5.74, 6) is 1.65. The van der Waals surface area contributed by atoms with Gasteiger partial charge in [-0.25, -0.2) is 9.97 Å². The minimum Gasteiger partial charge on any atom is -0.477 e. The van der Waals surface area contributed by atoms with Crippen LogP contribution in [0.25, 0.3) is 28.1 Å². The van der Waals surface area contributed by atoms with Crippen LogP contribution in [0.15, 0.2) is 30.6 Å². The van der Waals surface area contributed by atoms with Crippen molar-refractivity contribution in [2.24, 2.45) is 0 Å². The van der Waals surface area contributed by atoms with Crippen molar-refractivity contribution in [1.82, 2.24) is 34.6 Å². The highest BCUT2D eigenvalue weighted by Crippen LogP contribution is 2.39.